The van der Waals surface area contributed by atoms with Crippen LogP contribution in [-0.4, -0.2) is 30.0 Å². The van der Waals surface area contributed by atoms with E-state index in [0.29, 0.717) is 30.8 Å². The number of thioether (sulfide) groups is 1. The molecule has 2 fully saturated rings. The lowest BCUT2D eigenvalue weighted by Gasteiger charge is -2.37. The maximum atomic E-state index is 12.2. The molecule has 1 heterocycles. The smallest absolute Gasteiger partial charge is 0.241 e. The highest BCUT2D eigenvalue weighted by atomic mass is 32.2. The van der Waals surface area contributed by atoms with Crippen molar-refractivity contribution < 1.29 is 8.78 Å². The molecule has 0 bridgehead atoms. The van der Waals surface area contributed by atoms with Gasteiger partial charge in [-0.05, 0) is 24.5 Å². The Kier molecular flexibility index (Phi) is 3.32. The Hall–Kier alpha value is 0.170. The number of nitrogens with one attached hydrogen (secondary N) is 1. The summed E-state index contributed by atoms with van der Waals surface area (Å²) in [6.45, 7) is 2.24. The quantitative estimate of drug-likeness (QED) is 0.785. The van der Waals surface area contributed by atoms with Crippen LogP contribution in [0, 0.1) is 11.8 Å². The summed E-state index contributed by atoms with van der Waals surface area (Å²) < 4.78 is 24.4. The van der Waals surface area contributed by atoms with Gasteiger partial charge >= 0.3 is 0 Å². The molecule has 2 aliphatic rings. The summed E-state index contributed by atoms with van der Waals surface area (Å²) in [6, 6.07) is 0.920. The summed E-state index contributed by atoms with van der Waals surface area (Å²) in [7, 11) is 0. The van der Waals surface area contributed by atoms with Crippen LogP contribution in [0.5, 0.6) is 0 Å². The van der Waals surface area contributed by atoms with Gasteiger partial charge in [0.2, 0.25) is 6.43 Å². The molecule has 0 aromatic carbocycles. The van der Waals surface area contributed by atoms with E-state index in [1.807, 2.05) is 11.8 Å². The second kappa shape index (κ2) is 4.35. The fourth-order valence-corrected chi connectivity index (χ4v) is 3.60. The van der Waals surface area contributed by atoms with Gasteiger partial charge in [-0.2, -0.15) is 11.8 Å². The van der Waals surface area contributed by atoms with Crippen LogP contribution >= 0.6 is 11.8 Å². The predicted octanol–water partition coefficient (Wildman–Crippen LogP) is 2.37. The van der Waals surface area contributed by atoms with E-state index in [1.165, 1.54) is 5.75 Å². The molecule has 1 nitrogen and oxygen atoms in total. The van der Waals surface area contributed by atoms with E-state index in [-0.39, 0.29) is 5.92 Å². The number of hydrogen-bond donors (Lipinski definition) is 1. The molecule has 4 heteroatoms. The Morgan fingerprint density at radius 3 is 2.50 bits per heavy atom. The van der Waals surface area contributed by atoms with E-state index in [1.54, 1.807) is 0 Å². The van der Waals surface area contributed by atoms with Crippen molar-refractivity contribution in [2.45, 2.75) is 38.3 Å². The topological polar surface area (TPSA) is 12.0 Å². The van der Waals surface area contributed by atoms with Gasteiger partial charge in [0, 0.05) is 23.8 Å². The average molecular weight is 221 g/mol. The molecular formula is C10H17F2NS. The Bertz CT molecular complexity index is 195. The Morgan fingerprint density at radius 2 is 2.00 bits per heavy atom. The van der Waals surface area contributed by atoms with E-state index in [9.17, 15) is 8.78 Å². The molecule has 1 N–H and O–H groups in total. The molecule has 0 radical (unpaired) electrons. The highest BCUT2D eigenvalue weighted by Gasteiger charge is 2.37. The Morgan fingerprint density at radius 1 is 1.29 bits per heavy atom. The third-order valence-corrected chi connectivity index (χ3v) is 4.70. The van der Waals surface area contributed by atoms with Gasteiger partial charge in [0.05, 0.1) is 0 Å². The molecule has 82 valence electrons. The van der Waals surface area contributed by atoms with Gasteiger partial charge in [-0.1, -0.05) is 6.92 Å². The second-order valence-corrected chi connectivity index (χ2v) is 5.63. The minimum atomic E-state index is -2.11. The molecule has 0 aromatic rings. The van der Waals surface area contributed by atoms with Crippen molar-refractivity contribution in [3.05, 3.63) is 0 Å². The first kappa shape index (κ1) is 10.7. The third-order valence-electron chi connectivity index (χ3n) is 3.35. The van der Waals surface area contributed by atoms with Gasteiger partial charge in [0.15, 0.2) is 0 Å². The van der Waals surface area contributed by atoms with Gasteiger partial charge in [-0.3, -0.25) is 0 Å². The van der Waals surface area contributed by atoms with Crippen LogP contribution in [0.2, 0.25) is 0 Å². The van der Waals surface area contributed by atoms with Crippen molar-refractivity contribution in [2.24, 2.45) is 11.8 Å². The standard InChI is InChI=1S/C10H17F2NS/c1-6-4-14-5-9(6)13-8-2-7(3-8)10(11)12/h6-10,13H,2-5H2,1H3. The molecule has 1 aliphatic heterocycles. The first-order valence-electron chi connectivity index (χ1n) is 5.28. The van der Waals surface area contributed by atoms with E-state index in [4.69, 9.17) is 0 Å². The number of halogens is 2. The van der Waals surface area contributed by atoms with Crippen LogP contribution in [0.25, 0.3) is 0 Å². The lowest BCUT2D eigenvalue weighted by Crippen LogP contribution is -2.49. The highest BCUT2D eigenvalue weighted by Crippen LogP contribution is 2.34. The fraction of sp³-hybridized carbons (Fsp3) is 1.00. The van der Waals surface area contributed by atoms with Gasteiger partial charge in [0.25, 0.3) is 0 Å². The first-order chi connectivity index (χ1) is 6.66. The van der Waals surface area contributed by atoms with Crippen molar-refractivity contribution in [2.75, 3.05) is 11.5 Å². The number of rotatable bonds is 3. The largest absolute Gasteiger partial charge is 0.310 e. The molecule has 2 rings (SSSR count). The normalized spacial score (nSPS) is 42.9. The average Bonchev–Trinajstić information content (AvgIpc) is 2.42. The van der Waals surface area contributed by atoms with Crippen LogP contribution in [0.4, 0.5) is 8.78 Å². The van der Waals surface area contributed by atoms with Gasteiger partial charge in [-0.25, -0.2) is 8.78 Å². The van der Waals surface area contributed by atoms with Crippen molar-refractivity contribution in [3.63, 3.8) is 0 Å². The maximum absolute atomic E-state index is 12.2. The summed E-state index contributed by atoms with van der Waals surface area (Å²) in [5.41, 5.74) is 0. The first-order valence-corrected chi connectivity index (χ1v) is 6.44. The molecule has 1 saturated carbocycles. The zero-order valence-electron chi connectivity index (χ0n) is 8.38. The molecule has 2 atom stereocenters. The van der Waals surface area contributed by atoms with Crippen LogP contribution < -0.4 is 5.32 Å². The lowest BCUT2D eigenvalue weighted by atomic mass is 9.80. The van der Waals surface area contributed by atoms with Crippen molar-refractivity contribution in [1.29, 1.82) is 0 Å². The minimum Gasteiger partial charge on any atom is -0.310 e. The van der Waals surface area contributed by atoms with Gasteiger partial charge in [-0.15, -0.1) is 0 Å². The summed E-state index contributed by atoms with van der Waals surface area (Å²) in [5.74, 6) is 2.72. The Balaban J connectivity index is 1.68. The van der Waals surface area contributed by atoms with Crippen LogP contribution in [0.3, 0.4) is 0 Å². The molecule has 14 heavy (non-hydrogen) atoms. The summed E-state index contributed by atoms with van der Waals surface area (Å²) >= 11 is 1.96. The lowest BCUT2D eigenvalue weighted by molar-refractivity contribution is 0.0130. The van der Waals surface area contributed by atoms with Crippen molar-refractivity contribution in [1.82, 2.24) is 5.32 Å². The van der Waals surface area contributed by atoms with E-state index in [0.717, 1.165) is 5.75 Å². The highest BCUT2D eigenvalue weighted by molar-refractivity contribution is 7.99. The third kappa shape index (κ3) is 2.22. The molecule has 1 aliphatic carbocycles. The number of hydrogen-bond acceptors (Lipinski definition) is 2. The number of alkyl halides is 2. The molecule has 0 aromatic heterocycles. The summed E-state index contributed by atoms with van der Waals surface area (Å²) in [6.07, 6.45) is -0.764. The molecular weight excluding hydrogens is 204 g/mol. The van der Waals surface area contributed by atoms with Crippen LogP contribution in [-0.2, 0) is 0 Å². The molecule has 1 saturated heterocycles. The van der Waals surface area contributed by atoms with E-state index >= 15 is 0 Å². The fourth-order valence-electron chi connectivity index (χ4n) is 2.18. The van der Waals surface area contributed by atoms with E-state index < -0.39 is 6.43 Å². The molecule has 0 amide bonds. The molecule has 0 spiro atoms. The monoisotopic (exact) mass is 221 g/mol. The summed E-state index contributed by atoms with van der Waals surface area (Å²) in [4.78, 5) is 0. The minimum absolute atomic E-state index is 0.336. The van der Waals surface area contributed by atoms with Gasteiger partial charge in [0.1, 0.15) is 0 Å². The van der Waals surface area contributed by atoms with Crippen molar-refractivity contribution >= 4 is 11.8 Å². The van der Waals surface area contributed by atoms with Crippen LogP contribution in [0.15, 0.2) is 0 Å². The summed E-state index contributed by atoms with van der Waals surface area (Å²) in [5, 5.41) is 3.50. The maximum Gasteiger partial charge on any atom is 0.241 e. The second-order valence-electron chi connectivity index (χ2n) is 4.55. The van der Waals surface area contributed by atoms with E-state index in [2.05, 4.69) is 12.2 Å². The molecule has 2 unspecified atom stereocenters. The van der Waals surface area contributed by atoms with Crippen molar-refractivity contribution in [3.8, 4) is 0 Å². The van der Waals surface area contributed by atoms with Crippen LogP contribution in [0.1, 0.15) is 19.8 Å². The SMILES string of the molecule is CC1CSCC1NC1CC(C(F)F)C1. The van der Waals surface area contributed by atoms with Gasteiger partial charge < -0.3 is 5.32 Å². The zero-order valence-corrected chi connectivity index (χ0v) is 9.20. The Labute approximate surface area is 88.0 Å². The zero-order chi connectivity index (χ0) is 10.1. The predicted molar refractivity (Wildman–Crippen MR) is 55.9 cm³/mol.